The summed E-state index contributed by atoms with van der Waals surface area (Å²) in [7, 11) is 0. The van der Waals surface area contributed by atoms with Crippen molar-refractivity contribution in [1.29, 1.82) is 0 Å². The van der Waals surface area contributed by atoms with Crippen molar-refractivity contribution in [1.82, 2.24) is 9.80 Å². The highest BCUT2D eigenvalue weighted by molar-refractivity contribution is 8.00. The van der Waals surface area contributed by atoms with Crippen LogP contribution in [0.1, 0.15) is 12.0 Å². The molecule has 2 aromatic rings. The molecule has 0 spiro atoms. The van der Waals surface area contributed by atoms with E-state index in [1.165, 1.54) is 34.9 Å². The highest BCUT2D eigenvalue weighted by Gasteiger charge is 2.34. The predicted molar refractivity (Wildman–Crippen MR) is 127 cm³/mol. The molecule has 2 aliphatic heterocycles. The number of rotatable bonds is 5. The molecular formula is C24H25F3N4O3S. The molecule has 3 amide bonds. The lowest BCUT2D eigenvalue weighted by Gasteiger charge is -2.30. The molecule has 0 aromatic heterocycles. The molecule has 2 aromatic carbocycles. The van der Waals surface area contributed by atoms with Gasteiger partial charge in [-0.25, -0.2) is 0 Å². The summed E-state index contributed by atoms with van der Waals surface area (Å²) in [4.78, 5) is 43.9. The lowest BCUT2D eigenvalue weighted by atomic mass is 10.1. The molecular weight excluding hydrogens is 481 g/mol. The number of carbonyl (C=O) groups excluding carboxylic acids is 3. The third-order valence-electron chi connectivity index (χ3n) is 5.92. The monoisotopic (exact) mass is 506 g/mol. The summed E-state index contributed by atoms with van der Waals surface area (Å²) in [5.41, 5.74) is -0.441. The summed E-state index contributed by atoms with van der Waals surface area (Å²) in [6.07, 6.45) is -3.96. The zero-order valence-electron chi connectivity index (χ0n) is 18.9. The quantitative estimate of drug-likeness (QED) is 0.674. The molecule has 7 nitrogen and oxygen atoms in total. The van der Waals surface area contributed by atoms with Gasteiger partial charge in [-0.05, 0) is 30.7 Å². The van der Waals surface area contributed by atoms with Gasteiger partial charge in [0.05, 0.1) is 29.2 Å². The smallest absolute Gasteiger partial charge is 0.340 e. The summed E-state index contributed by atoms with van der Waals surface area (Å²) in [5.74, 6) is -0.556. The standard InChI is InChI=1S/C24H25F3N4O3S/c25-24(26,27)17-6-1-2-7-18(17)28-21(32)14-29-10-5-11-30(13-12-29)22(33)15-31-19-8-3-4-9-20(19)35-16-23(31)34/h1-4,6-9H,5,10-16H2,(H,28,32). The number of alkyl halides is 3. The average molecular weight is 507 g/mol. The van der Waals surface area contributed by atoms with E-state index in [-0.39, 0.29) is 36.3 Å². The summed E-state index contributed by atoms with van der Waals surface area (Å²) >= 11 is 1.45. The van der Waals surface area contributed by atoms with Crippen molar-refractivity contribution in [3.05, 3.63) is 54.1 Å². The van der Waals surface area contributed by atoms with Crippen LogP contribution in [0, 0.1) is 0 Å². The van der Waals surface area contributed by atoms with Crippen molar-refractivity contribution in [2.75, 3.05) is 55.2 Å². The molecule has 186 valence electrons. The van der Waals surface area contributed by atoms with Crippen LogP contribution >= 0.6 is 11.8 Å². The van der Waals surface area contributed by atoms with Gasteiger partial charge >= 0.3 is 6.18 Å². The van der Waals surface area contributed by atoms with E-state index in [1.807, 2.05) is 29.2 Å². The van der Waals surface area contributed by atoms with E-state index in [9.17, 15) is 27.6 Å². The van der Waals surface area contributed by atoms with Crippen LogP contribution in [0.15, 0.2) is 53.4 Å². The number of para-hydroxylation sites is 2. The van der Waals surface area contributed by atoms with Gasteiger partial charge in [-0.3, -0.25) is 19.3 Å². The molecule has 0 unspecified atom stereocenters. The molecule has 1 N–H and O–H groups in total. The maximum atomic E-state index is 13.2. The number of carbonyl (C=O) groups is 3. The molecule has 0 aliphatic carbocycles. The fourth-order valence-corrected chi connectivity index (χ4v) is 5.11. The number of benzene rings is 2. The Morgan fingerprint density at radius 3 is 2.49 bits per heavy atom. The molecule has 35 heavy (non-hydrogen) atoms. The number of thioether (sulfide) groups is 1. The van der Waals surface area contributed by atoms with Crippen LogP contribution in [-0.2, 0) is 20.6 Å². The molecule has 1 fully saturated rings. The van der Waals surface area contributed by atoms with E-state index in [1.54, 1.807) is 4.90 Å². The van der Waals surface area contributed by atoms with Crippen LogP contribution in [-0.4, -0.2) is 72.5 Å². The van der Waals surface area contributed by atoms with Gasteiger partial charge in [-0.2, -0.15) is 13.2 Å². The van der Waals surface area contributed by atoms with E-state index >= 15 is 0 Å². The van der Waals surface area contributed by atoms with Crippen molar-refractivity contribution >= 4 is 40.9 Å². The third kappa shape index (κ3) is 6.15. The number of amides is 3. The molecule has 0 bridgehead atoms. The van der Waals surface area contributed by atoms with Crippen LogP contribution < -0.4 is 10.2 Å². The Morgan fingerprint density at radius 1 is 0.943 bits per heavy atom. The zero-order valence-corrected chi connectivity index (χ0v) is 19.7. The second kappa shape index (κ2) is 10.7. The van der Waals surface area contributed by atoms with Crippen molar-refractivity contribution in [3.8, 4) is 0 Å². The van der Waals surface area contributed by atoms with Gasteiger partial charge in [0.15, 0.2) is 0 Å². The van der Waals surface area contributed by atoms with E-state index in [2.05, 4.69) is 5.32 Å². The fraction of sp³-hybridized carbons (Fsp3) is 0.375. The Balaban J connectivity index is 1.32. The lowest BCUT2D eigenvalue weighted by molar-refractivity contribution is -0.137. The number of anilines is 2. The van der Waals surface area contributed by atoms with Crippen LogP contribution in [0.4, 0.5) is 24.5 Å². The topological polar surface area (TPSA) is 73.0 Å². The van der Waals surface area contributed by atoms with E-state index in [0.717, 1.165) is 16.6 Å². The second-order valence-electron chi connectivity index (χ2n) is 8.34. The Bertz CT molecular complexity index is 1110. The summed E-state index contributed by atoms with van der Waals surface area (Å²) < 4.78 is 39.5. The van der Waals surface area contributed by atoms with Gasteiger partial charge in [-0.1, -0.05) is 24.3 Å². The van der Waals surface area contributed by atoms with Gasteiger partial charge in [0, 0.05) is 31.1 Å². The molecule has 1 saturated heterocycles. The van der Waals surface area contributed by atoms with E-state index in [4.69, 9.17) is 0 Å². The van der Waals surface area contributed by atoms with Gasteiger partial charge in [0.25, 0.3) is 0 Å². The highest BCUT2D eigenvalue weighted by Crippen LogP contribution is 2.35. The fourth-order valence-electron chi connectivity index (χ4n) is 4.17. The molecule has 0 atom stereocenters. The molecule has 11 heteroatoms. The summed E-state index contributed by atoms with van der Waals surface area (Å²) in [6, 6.07) is 12.3. The van der Waals surface area contributed by atoms with Crippen LogP contribution in [0.5, 0.6) is 0 Å². The highest BCUT2D eigenvalue weighted by atomic mass is 32.2. The molecule has 0 saturated carbocycles. The van der Waals surface area contributed by atoms with Crippen LogP contribution in [0.3, 0.4) is 0 Å². The Labute approximate surface area is 205 Å². The normalized spacial score (nSPS) is 17.1. The van der Waals surface area contributed by atoms with Crippen molar-refractivity contribution in [2.45, 2.75) is 17.5 Å². The first kappa shape index (κ1) is 25.1. The second-order valence-corrected chi connectivity index (χ2v) is 9.36. The maximum Gasteiger partial charge on any atom is 0.418 e. The lowest BCUT2D eigenvalue weighted by Crippen LogP contribution is -2.46. The predicted octanol–water partition coefficient (Wildman–Crippen LogP) is 3.32. The minimum absolute atomic E-state index is 0.0505. The largest absolute Gasteiger partial charge is 0.418 e. The minimum atomic E-state index is -4.57. The molecule has 2 heterocycles. The van der Waals surface area contributed by atoms with Gasteiger partial charge in [0.1, 0.15) is 6.54 Å². The van der Waals surface area contributed by atoms with Crippen LogP contribution in [0.25, 0.3) is 0 Å². The summed E-state index contributed by atoms with van der Waals surface area (Å²) in [5, 5.41) is 2.36. The number of halogens is 3. The summed E-state index contributed by atoms with van der Waals surface area (Å²) in [6.45, 7) is 1.64. The van der Waals surface area contributed by atoms with E-state index in [0.29, 0.717) is 32.6 Å². The Morgan fingerprint density at radius 2 is 1.69 bits per heavy atom. The van der Waals surface area contributed by atoms with Crippen molar-refractivity contribution < 1.29 is 27.6 Å². The number of nitrogens with one attached hydrogen (secondary N) is 1. The number of hydrogen-bond donors (Lipinski definition) is 1. The number of fused-ring (bicyclic) bond motifs is 1. The third-order valence-corrected chi connectivity index (χ3v) is 6.96. The minimum Gasteiger partial charge on any atom is -0.340 e. The van der Waals surface area contributed by atoms with Crippen molar-refractivity contribution in [2.24, 2.45) is 0 Å². The first-order chi connectivity index (χ1) is 16.7. The van der Waals surface area contributed by atoms with Gasteiger partial charge in [0.2, 0.25) is 17.7 Å². The number of hydrogen-bond acceptors (Lipinski definition) is 5. The van der Waals surface area contributed by atoms with Gasteiger partial charge in [-0.15, -0.1) is 11.8 Å². The average Bonchev–Trinajstić information content (AvgIpc) is 3.06. The zero-order chi connectivity index (χ0) is 25.0. The van der Waals surface area contributed by atoms with E-state index < -0.39 is 17.6 Å². The molecule has 4 rings (SSSR count). The SMILES string of the molecule is O=C(CN1CCCN(C(=O)CN2C(=O)CSc3ccccc32)CC1)Nc1ccccc1C(F)(F)F. The first-order valence-electron chi connectivity index (χ1n) is 11.2. The Kier molecular flexibility index (Phi) is 7.66. The number of nitrogens with zero attached hydrogens (tertiary/aromatic N) is 3. The Hall–Kier alpha value is -3.05. The van der Waals surface area contributed by atoms with Crippen LogP contribution in [0.2, 0.25) is 0 Å². The molecule has 2 aliphatic rings. The maximum absolute atomic E-state index is 13.2. The first-order valence-corrected chi connectivity index (χ1v) is 12.2. The molecule has 0 radical (unpaired) electrons. The van der Waals surface area contributed by atoms with Crippen molar-refractivity contribution in [3.63, 3.8) is 0 Å². The van der Waals surface area contributed by atoms with Gasteiger partial charge < -0.3 is 15.1 Å².